The molecule has 0 aromatic carbocycles. The van der Waals surface area contributed by atoms with Crippen molar-refractivity contribution in [1.29, 1.82) is 0 Å². The fraction of sp³-hybridized carbons (Fsp3) is 0.818. The van der Waals surface area contributed by atoms with Crippen LogP contribution in [0.25, 0.3) is 0 Å². The Hall–Kier alpha value is -1.12. The summed E-state index contributed by atoms with van der Waals surface area (Å²) in [6, 6.07) is 0. The monoisotopic (exact) mass is 350 g/mol. The van der Waals surface area contributed by atoms with Gasteiger partial charge in [0, 0.05) is 6.42 Å². The first-order valence-corrected chi connectivity index (χ1v) is 10.6. The molecule has 25 heavy (non-hydrogen) atoms. The number of rotatable bonds is 5. The van der Waals surface area contributed by atoms with Crippen molar-refractivity contribution in [1.82, 2.24) is 0 Å². The Morgan fingerprint density at radius 2 is 1.48 bits per heavy atom. The third kappa shape index (κ3) is 11.2. The van der Waals surface area contributed by atoms with Crippen molar-refractivity contribution in [2.45, 2.75) is 103 Å². The van der Waals surface area contributed by atoms with Crippen molar-refractivity contribution in [2.24, 2.45) is 5.92 Å². The van der Waals surface area contributed by atoms with Gasteiger partial charge in [0.2, 0.25) is 0 Å². The summed E-state index contributed by atoms with van der Waals surface area (Å²) in [6.45, 7) is 2.47. The third-order valence-electron chi connectivity index (χ3n) is 5.02. The van der Waals surface area contributed by atoms with Gasteiger partial charge < -0.3 is 4.74 Å². The van der Waals surface area contributed by atoms with E-state index in [1.54, 1.807) is 0 Å². The summed E-state index contributed by atoms with van der Waals surface area (Å²) in [5, 5.41) is 0. The van der Waals surface area contributed by atoms with E-state index in [4.69, 9.17) is 4.74 Å². The predicted octanol–water partition coefficient (Wildman–Crippen LogP) is 6.16. The van der Waals surface area contributed by atoms with Crippen molar-refractivity contribution >= 4 is 11.8 Å². The van der Waals surface area contributed by atoms with Gasteiger partial charge in [0.25, 0.3) is 0 Å². The van der Waals surface area contributed by atoms with Crippen LogP contribution in [0.3, 0.4) is 0 Å². The average molecular weight is 351 g/mol. The summed E-state index contributed by atoms with van der Waals surface area (Å²) in [5.74, 6) is -0.719. The van der Waals surface area contributed by atoms with Crippen LogP contribution in [-0.2, 0) is 14.3 Å². The van der Waals surface area contributed by atoms with Crippen molar-refractivity contribution in [2.75, 3.05) is 6.61 Å². The van der Waals surface area contributed by atoms with Crippen molar-refractivity contribution in [3.63, 3.8) is 0 Å². The number of Topliss-reactive ketones (excluding diaryl/α,β-unsaturated/α-hetero) is 1. The molecule has 0 aliphatic heterocycles. The van der Waals surface area contributed by atoms with Crippen LogP contribution in [0.5, 0.6) is 0 Å². The first-order chi connectivity index (χ1) is 12.3. The largest absolute Gasteiger partial charge is 0.465 e. The summed E-state index contributed by atoms with van der Waals surface area (Å²) in [5.41, 5.74) is 0. The van der Waals surface area contributed by atoms with E-state index in [9.17, 15) is 9.59 Å². The quantitative estimate of drug-likeness (QED) is 0.258. The van der Waals surface area contributed by atoms with Crippen LogP contribution >= 0.6 is 0 Å². The molecule has 0 spiro atoms. The Kier molecular flexibility index (Phi) is 13.3. The zero-order chi connectivity index (χ0) is 18.2. The standard InChI is InChI=1S/C22H38O3/c1-2-3-4-16-19-25-22(24)20-17-14-12-10-8-6-5-7-9-11-13-15-18-21(20)23/h3-4,20H,2,5-19H2,1H3/b4-3+. The SMILES string of the molecule is CC/C=C/CCOC(=O)C1CCCCCCCCCCCCCC1=O. The Morgan fingerprint density at radius 1 is 0.920 bits per heavy atom. The van der Waals surface area contributed by atoms with Crippen LogP contribution in [-0.4, -0.2) is 18.4 Å². The molecule has 0 N–H and O–H groups in total. The van der Waals surface area contributed by atoms with E-state index in [1.807, 2.05) is 6.08 Å². The van der Waals surface area contributed by atoms with Gasteiger partial charge in [-0.2, -0.15) is 0 Å². The van der Waals surface area contributed by atoms with E-state index in [-0.39, 0.29) is 11.8 Å². The molecule has 0 amide bonds. The van der Waals surface area contributed by atoms with E-state index < -0.39 is 5.92 Å². The number of ether oxygens (including phenoxy) is 1. The van der Waals surface area contributed by atoms with Gasteiger partial charge >= 0.3 is 5.97 Å². The van der Waals surface area contributed by atoms with Crippen LogP contribution in [0.4, 0.5) is 0 Å². The molecule has 1 aliphatic carbocycles. The highest BCUT2D eigenvalue weighted by atomic mass is 16.5. The van der Waals surface area contributed by atoms with Crippen molar-refractivity contribution in [3.05, 3.63) is 12.2 Å². The molecule has 0 aromatic rings. The minimum absolute atomic E-state index is 0.101. The first-order valence-electron chi connectivity index (χ1n) is 10.6. The van der Waals surface area contributed by atoms with Gasteiger partial charge in [-0.3, -0.25) is 9.59 Å². The van der Waals surface area contributed by atoms with Gasteiger partial charge in [-0.1, -0.05) is 83.3 Å². The molecular formula is C22H38O3. The van der Waals surface area contributed by atoms with Crippen LogP contribution in [0.2, 0.25) is 0 Å². The summed E-state index contributed by atoms with van der Waals surface area (Å²) in [6.07, 6.45) is 20.2. The second-order valence-corrected chi connectivity index (χ2v) is 7.28. The van der Waals surface area contributed by atoms with E-state index in [1.165, 1.54) is 44.9 Å². The molecular weight excluding hydrogens is 312 g/mol. The second kappa shape index (κ2) is 15.2. The molecule has 0 aromatic heterocycles. The molecule has 0 saturated heterocycles. The first kappa shape index (κ1) is 21.9. The molecule has 144 valence electrons. The van der Waals surface area contributed by atoms with E-state index in [2.05, 4.69) is 13.0 Å². The van der Waals surface area contributed by atoms with Crippen molar-refractivity contribution in [3.8, 4) is 0 Å². The average Bonchev–Trinajstić information content (AvgIpc) is 2.61. The molecule has 0 bridgehead atoms. The number of carbonyl (C=O) groups is 2. The molecule has 3 nitrogen and oxygen atoms in total. The van der Waals surface area contributed by atoms with Crippen LogP contribution in [0.1, 0.15) is 103 Å². The zero-order valence-corrected chi connectivity index (χ0v) is 16.3. The highest BCUT2D eigenvalue weighted by molar-refractivity contribution is 5.98. The van der Waals surface area contributed by atoms with E-state index in [0.29, 0.717) is 19.4 Å². The topological polar surface area (TPSA) is 43.4 Å². The van der Waals surface area contributed by atoms with Crippen LogP contribution in [0, 0.1) is 5.92 Å². The second-order valence-electron chi connectivity index (χ2n) is 7.28. The Balaban J connectivity index is 2.46. The van der Waals surface area contributed by atoms with E-state index in [0.717, 1.165) is 38.5 Å². The molecule has 1 saturated carbocycles. The van der Waals surface area contributed by atoms with Crippen LogP contribution in [0.15, 0.2) is 12.2 Å². The van der Waals surface area contributed by atoms with Gasteiger partial charge in [0.15, 0.2) is 0 Å². The number of carbonyl (C=O) groups excluding carboxylic acids is 2. The van der Waals surface area contributed by atoms with Gasteiger partial charge in [0.1, 0.15) is 11.7 Å². The molecule has 1 unspecified atom stereocenters. The zero-order valence-electron chi connectivity index (χ0n) is 16.3. The van der Waals surface area contributed by atoms with Gasteiger partial charge in [-0.05, 0) is 25.7 Å². The molecule has 1 fully saturated rings. The third-order valence-corrected chi connectivity index (χ3v) is 5.02. The summed E-state index contributed by atoms with van der Waals surface area (Å²) in [4.78, 5) is 24.9. The maximum absolute atomic E-state index is 12.5. The predicted molar refractivity (Wildman–Crippen MR) is 104 cm³/mol. The summed E-state index contributed by atoms with van der Waals surface area (Å²) < 4.78 is 5.38. The number of hydrogen-bond acceptors (Lipinski definition) is 3. The number of allylic oxidation sites excluding steroid dienone is 1. The van der Waals surface area contributed by atoms with Crippen LogP contribution < -0.4 is 0 Å². The van der Waals surface area contributed by atoms with Gasteiger partial charge in [-0.25, -0.2) is 0 Å². The fourth-order valence-corrected chi connectivity index (χ4v) is 3.44. The molecule has 1 atom stereocenters. The number of hydrogen-bond donors (Lipinski definition) is 0. The lowest BCUT2D eigenvalue weighted by molar-refractivity contribution is -0.152. The summed E-state index contributed by atoms with van der Waals surface area (Å²) >= 11 is 0. The van der Waals surface area contributed by atoms with E-state index >= 15 is 0 Å². The molecule has 3 heteroatoms. The Morgan fingerprint density at radius 3 is 2.08 bits per heavy atom. The minimum atomic E-state index is -0.528. The number of ketones is 1. The Bertz CT molecular complexity index is 387. The molecule has 1 aliphatic rings. The molecule has 0 heterocycles. The smallest absolute Gasteiger partial charge is 0.316 e. The Labute approximate surface area is 154 Å². The number of esters is 1. The normalized spacial score (nSPS) is 22.3. The van der Waals surface area contributed by atoms with Gasteiger partial charge in [-0.15, -0.1) is 0 Å². The van der Waals surface area contributed by atoms with Crippen molar-refractivity contribution < 1.29 is 14.3 Å². The molecule has 1 rings (SSSR count). The molecule has 0 radical (unpaired) electrons. The summed E-state index contributed by atoms with van der Waals surface area (Å²) in [7, 11) is 0. The fourth-order valence-electron chi connectivity index (χ4n) is 3.44. The highest BCUT2D eigenvalue weighted by Gasteiger charge is 2.26. The van der Waals surface area contributed by atoms with Gasteiger partial charge in [0.05, 0.1) is 6.61 Å². The lowest BCUT2D eigenvalue weighted by Gasteiger charge is -2.15. The highest BCUT2D eigenvalue weighted by Crippen LogP contribution is 2.20. The minimum Gasteiger partial charge on any atom is -0.465 e. The lowest BCUT2D eigenvalue weighted by atomic mass is 9.93. The maximum atomic E-state index is 12.5. The lowest BCUT2D eigenvalue weighted by Crippen LogP contribution is -2.26. The maximum Gasteiger partial charge on any atom is 0.316 e.